The molecule has 0 radical (unpaired) electrons. The van der Waals surface area contributed by atoms with Gasteiger partial charge in [0.2, 0.25) is 0 Å². The lowest BCUT2D eigenvalue weighted by molar-refractivity contribution is -0.142. The molecule has 4 heteroatoms. The van der Waals surface area contributed by atoms with Crippen LogP contribution in [0.25, 0.3) is 0 Å². The summed E-state index contributed by atoms with van der Waals surface area (Å²) in [4.78, 5) is 11.0. The quantitative estimate of drug-likeness (QED) is 0.693. The van der Waals surface area contributed by atoms with Crippen molar-refractivity contribution in [3.63, 3.8) is 0 Å². The Morgan fingerprint density at radius 3 is 3.08 bits per heavy atom. The van der Waals surface area contributed by atoms with E-state index < -0.39 is 0 Å². The van der Waals surface area contributed by atoms with Crippen molar-refractivity contribution in [2.45, 2.75) is 31.1 Å². The van der Waals surface area contributed by atoms with Crippen LogP contribution in [-0.2, 0) is 9.53 Å². The van der Waals surface area contributed by atoms with E-state index in [1.807, 2.05) is 18.7 Å². The molecule has 13 heavy (non-hydrogen) atoms. The van der Waals surface area contributed by atoms with Crippen LogP contribution in [-0.4, -0.2) is 36.7 Å². The summed E-state index contributed by atoms with van der Waals surface area (Å²) in [5.41, 5.74) is 0. The molecular formula is C9H17NO2S. The van der Waals surface area contributed by atoms with E-state index in [-0.39, 0.29) is 12.0 Å². The molecule has 0 aliphatic carbocycles. The highest BCUT2D eigenvalue weighted by atomic mass is 32.2. The van der Waals surface area contributed by atoms with Gasteiger partial charge in [0, 0.05) is 11.8 Å². The van der Waals surface area contributed by atoms with Crippen molar-refractivity contribution in [3.05, 3.63) is 0 Å². The van der Waals surface area contributed by atoms with Gasteiger partial charge < -0.3 is 10.1 Å². The molecule has 1 N–H and O–H groups in total. The summed E-state index contributed by atoms with van der Waals surface area (Å²) in [5.74, 6) is 1.09. The fourth-order valence-electron chi connectivity index (χ4n) is 1.37. The Labute approximate surface area is 83.6 Å². The molecule has 76 valence electrons. The first-order chi connectivity index (χ1) is 6.24. The lowest BCUT2D eigenvalue weighted by atomic mass is 10.2. The van der Waals surface area contributed by atoms with Gasteiger partial charge in [0.05, 0.1) is 7.11 Å². The average Bonchev–Trinajstić information content (AvgIpc) is 2.65. The molecule has 3 nitrogen and oxygen atoms in total. The smallest absolute Gasteiger partial charge is 0.322 e. The van der Waals surface area contributed by atoms with Gasteiger partial charge in [0.1, 0.15) is 6.04 Å². The summed E-state index contributed by atoms with van der Waals surface area (Å²) in [6.45, 7) is 2.76. The number of rotatable bonds is 4. The summed E-state index contributed by atoms with van der Waals surface area (Å²) >= 11 is 1.99. The Hall–Kier alpha value is -0.220. The fraction of sp³-hybridized carbons (Fsp3) is 0.889. The molecule has 1 aliphatic heterocycles. The van der Waals surface area contributed by atoms with E-state index >= 15 is 0 Å². The number of nitrogens with one attached hydrogen (secondary N) is 1. The maximum atomic E-state index is 11.0. The second kappa shape index (κ2) is 5.50. The van der Waals surface area contributed by atoms with E-state index in [4.69, 9.17) is 0 Å². The Kier molecular flexibility index (Phi) is 4.59. The lowest BCUT2D eigenvalue weighted by Gasteiger charge is -2.14. The van der Waals surface area contributed by atoms with E-state index in [0.717, 1.165) is 6.54 Å². The van der Waals surface area contributed by atoms with Gasteiger partial charge in [-0.25, -0.2) is 0 Å². The van der Waals surface area contributed by atoms with E-state index in [2.05, 4.69) is 10.1 Å². The van der Waals surface area contributed by atoms with Gasteiger partial charge >= 0.3 is 5.97 Å². The van der Waals surface area contributed by atoms with Gasteiger partial charge in [-0.3, -0.25) is 4.79 Å². The number of esters is 1. The van der Waals surface area contributed by atoms with Crippen molar-refractivity contribution in [1.82, 2.24) is 5.32 Å². The lowest BCUT2D eigenvalue weighted by Crippen LogP contribution is -2.38. The van der Waals surface area contributed by atoms with E-state index in [9.17, 15) is 4.79 Å². The minimum absolute atomic E-state index is 0.175. The highest BCUT2D eigenvalue weighted by Gasteiger charge is 2.18. The Morgan fingerprint density at radius 1 is 1.77 bits per heavy atom. The van der Waals surface area contributed by atoms with Crippen LogP contribution in [0.5, 0.6) is 0 Å². The van der Waals surface area contributed by atoms with Gasteiger partial charge in [0.15, 0.2) is 0 Å². The number of thioether (sulfide) groups is 1. The topological polar surface area (TPSA) is 38.3 Å². The SMILES string of the molecule is COC(=O)C(C)NCC1CCCS1. The molecule has 1 saturated heterocycles. The predicted octanol–water partition coefficient (Wildman–Crippen LogP) is 1.03. The summed E-state index contributed by atoms with van der Waals surface area (Å²) < 4.78 is 4.62. The fourth-order valence-corrected chi connectivity index (χ4v) is 2.59. The van der Waals surface area contributed by atoms with Crippen molar-refractivity contribution in [2.75, 3.05) is 19.4 Å². The van der Waals surface area contributed by atoms with Crippen molar-refractivity contribution in [3.8, 4) is 0 Å². The van der Waals surface area contributed by atoms with Crippen LogP contribution >= 0.6 is 11.8 Å². The molecule has 0 bridgehead atoms. The highest BCUT2D eigenvalue weighted by Crippen LogP contribution is 2.25. The Balaban J connectivity index is 2.13. The third-order valence-electron chi connectivity index (χ3n) is 2.23. The molecule has 1 heterocycles. The van der Waals surface area contributed by atoms with Gasteiger partial charge in [-0.05, 0) is 25.5 Å². The number of hydrogen-bond donors (Lipinski definition) is 1. The summed E-state index contributed by atoms with van der Waals surface area (Å²) in [6, 6.07) is -0.175. The Morgan fingerprint density at radius 2 is 2.54 bits per heavy atom. The molecular weight excluding hydrogens is 186 g/mol. The summed E-state index contributed by atoms with van der Waals surface area (Å²) in [5, 5.41) is 3.87. The molecule has 0 aromatic heterocycles. The van der Waals surface area contributed by atoms with Crippen LogP contribution in [0.3, 0.4) is 0 Å². The van der Waals surface area contributed by atoms with Crippen molar-refractivity contribution in [1.29, 1.82) is 0 Å². The first-order valence-electron chi connectivity index (χ1n) is 4.67. The highest BCUT2D eigenvalue weighted by molar-refractivity contribution is 8.00. The molecule has 1 rings (SSSR count). The molecule has 0 aromatic carbocycles. The largest absolute Gasteiger partial charge is 0.468 e. The molecule has 0 spiro atoms. The second-order valence-corrected chi connectivity index (χ2v) is 4.70. The molecule has 1 fully saturated rings. The van der Waals surface area contributed by atoms with Crippen molar-refractivity contribution < 1.29 is 9.53 Å². The number of methoxy groups -OCH3 is 1. The zero-order valence-corrected chi connectivity index (χ0v) is 9.02. The van der Waals surface area contributed by atoms with Gasteiger partial charge in [-0.1, -0.05) is 0 Å². The maximum absolute atomic E-state index is 11.0. The zero-order valence-electron chi connectivity index (χ0n) is 8.21. The monoisotopic (exact) mass is 203 g/mol. The number of ether oxygens (including phenoxy) is 1. The minimum Gasteiger partial charge on any atom is -0.468 e. The van der Waals surface area contributed by atoms with Gasteiger partial charge in [-0.15, -0.1) is 0 Å². The minimum atomic E-state index is -0.178. The molecule has 1 aliphatic rings. The first kappa shape index (κ1) is 10.9. The van der Waals surface area contributed by atoms with Gasteiger partial charge in [0.25, 0.3) is 0 Å². The van der Waals surface area contributed by atoms with Crippen molar-refractivity contribution >= 4 is 17.7 Å². The molecule has 2 unspecified atom stereocenters. The van der Waals surface area contributed by atoms with E-state index in [1.54, 1.807) is 0 Å². The van der Waals surface area contributed by atoms with Crippen LogP contribution in [0.2, 0.25) is 0 Å². The van der Waals surface area contributed by atoms with Crippen LogP contribution < -0.4 is 5.32 Å². The standard InChI is InChI=1S/C9H17NO2S/c1-7(9(11)12-2)10-6-8-4-3-5-13-8/h7-8,10H,3-6H2,1-2H3. The van der Waals surface area contributed by atoms with Crippen LogP contribution in [0.15, 0.2) is 0 Å². The summed E-state index contributed by atoms with van der Waals surface area (Å²) in [6.07, 6.45) is 2.58. The van der Waals surface area contributed by atoms with Crippen LogP contribution in [0, 0.1) is 0 Å². The number of carbonyl (C=O) groups excluding carboxylic acids is 1. The van der Waals surface area contributed by atoms with E-state index in [0.29, 0.717) is 5.25 Å². The normalized spacial score (nSPS) is 24.3. The van der Waals surface area contributed by atoms with Crippen molar-refractivity contribution in [2.24, 2.45) is 0 Å². The molecule has 0 aromatic rings. The number of carbonyl (C=O) groups is 1. The third kappa shape index (κ3) is 3.56. The zero-order chi connectivity index (χ0) is 9.68. The van der Waals surface area contributed by atoms with E-state index in [1.165, 1.54) is 25.7 Å². The number of hydrogen-bond acceptors (Lipinski definition) is 4. The van der Waals surface area contributed by atoms with Crippen LogP contribution in [0.1, 0.15) is 19.8 Å². The second-order valence-electron chi connectivity index (χ2n) is 3.29. The third-order valence-corrected chi connectivity index (χ3v) is 3.63. The Bertz CT molecular complexity index is 169. The molecule has 0 saturated carbocycles. The molecule has 0 amide bonds. The average molecular weight is 203 g/mol. The van der Waals surface area contributed by atoms with Gasteiger partial charge in [-0.2, -0.15) is 11.8 Å². The van der Waals surface area contributed by atoms with Crippen LogP contribution in [0.4, 0.5) is 0 Å². The predicted molar refractivity (Wildman–Crippen MR) is 55.0 cm³/mol. The first-order valence-corrected chi connectivity index (χ1v) is 5.71. The molecule has 2 atom stereocenters. The maximum Gasteiger partial charge on any atom is 0.322 e. The summed E-state index contributed by atoms with van der Waals surface area (Å²) in [7, 11) is 1.42.